The van der Waals surface area contributed by atoms with Crippen molar-refractivity contribution >= 4 is 15.8 Å². The van der Waals surface area contributed by atoms with E-state index in [-0.39, 0.29) is 25.2 Å². The summed E-state index contributed by atoms with van der Waals surface area (Å²) in [6.07, 6.45) is 1.58. The maximum atomic E-state index is 10.8. The summed E-state index contributed by atoms with van der Waals surface area (Å²) in [5, 5.41) is 0. The van der Waals surface area contributed by atoms with Gasteiger partial charge in [0.1, 0.15) is 0 Å². The Balaban J connectivity index is 0. The third kappa shape index (κ3) is 3.88. The molecule has 0 atom stereocenters. The number of aryl methyl sites for hydroxylation is 1. The Labute approximate surface area is 103 Å². The normalized spacial score (nSPS) is 10.8. The second-order valence-corrected chi connectivity index (χ2v) is 4.51. The molecular weight excluding hydrogens is 209 g/mol. The summed E-state index contributed by atoms with van der Waals surface area (Å²) in [5.74, 6) is 0. The van der Waals surface area contributed by atoms with Crippen LogP contribution in [0.15, 0.2) is 23.1 Å². The quantitative estimate of drug-likeness (QED) is 0.374. The van der Waals surface area contributed by atoms with E-state index in [9.17, 15) is 8.42 Å². The second kappa shape index (κ2) is 5.57. The Bertz CT molecular complexity index is 436. The molecule has 0 aliphatic heterocycles. The van der Waals surface area contributed by atoms with Gasteiger partial charge in [-0.1, -0.05) is 13.3 Å². The van der Waals surface area contributed by atoms with Crippen LogP contribution in [-0.4, -0.2) is 13.0 Å². The van der Waals surface area contributed by atoms with E-state index in [0.717, 1.165) is 12.0 Å². The van der Waals surface area contributed by atoms with E-state index in [2.05, 4.69) is 0 Å². The van der Waals surface area contributed by atoms with Gasteiger partial charge >= 0.3 is 18.9 Å². The standard InChI is InChI=1S/C9H13NO3S.Li.H/c1-2-3-7-6-8(14(11,12)13)4-5-9(7)10;;/h4-6H,2-3,10H2,1H3,(H,11,12,13);;/q;+1;-1. The third-order valence-corrected chi connectivity index (χ3v) is 2.78. The average molecular weight is 223 g/mol. The molecule has 0 amide bonds. The van der Waals surface area contributed by atoms with Gasteiger partial charge in [-0.2, -0.15) is 8.42 Å². The van der Waals surface area contributed by atoms with Crippen LogP contribution in [0.3, 0.4) is 0 Å². The van der Waals surface area contributed by atoms with Crippen molar-refractivity contribution in [2.75, 3.05) is 5.73 Å². The maximum absolute atomic E-state index is 10.8. The molecule has 0 saturated carbocycles. The van der Waals surface area contributed by atoms with Gasteiger partial charge in [0.2, 0.25) is 0 Å². The summed E-state index contributed by atoms with van der Waals surface area (Å²) in [7, 11) is -4.12. The van der Waals surface area contributed by atoms with Gasteiger partial charge < -0.3 is 7.16 Å². The maximum Gasteiger partial charge on any atom is 1.00 e. The Morgan fingerprint density at radius 3 is 2.53 bits per heavy atom. The fourth-order valence-electron chi connectivity index (χ4n) is 1.23. The summed E-state index contributed by atoms with van der Waals surface area (Å²) < 4.78 is 30.4. The van der Waals surface area contributed by atoms with E-state index in [0.29, 0.717) is 12.1 Å². The van der Waals surface area contributed by atoms with Gasteiger partial charge in [-0.15, -0.1) is 0 Å². The largest absolute Gasteiger partial charge is 1.00 e. The molecule has 0 aromatic heterocycles. The van der Waals surface area contributed by atoms with Gasteiger partial charge in [-0.05, 0) is 30.2 Å². The third-order valence-electron chi connectivity index (χ3n) is 1.93. The first-order chi connectivity index (χ1) is 6.45. The Kier molecular flexibility index (Phi) is 5.39. The van der Waals surface area contributed by atoms with Gasteiger partial charge in [0, 0.05) is 5.69 Å². The molecule has 6 heteroatoms. The van der Waals surface area contributed by atoms with Crippen molar-refractivity contribution in [3.63, 3.8) is 0 Å². The molecule has 1 aromatic rings. The summed E-state index contributed by atoms with van der Waals surface area (Å²) in [6, 6.07) is 4.20. The fraction of sp³-hybridized carbons (Fsp3) is 0.333. The summed E-state index contributed by atoms with van der Waals surface area (Å²) in [6.45, 7) is 1.97. The molecule has 0 spiro atoms. The number of hydrogen-bond acceptors (Lipinski definition) is 3. The van der Waals surface area contributed by atoms with E-state index in [1.54, 1.807) is 0 Å². The van der Waals surface area contributed by atoms with Gasteiger partial charge in [0.15, 0.2) is 0 Å². The van der Waals surface area contributed by atoms with E-state index < -0.39 is 10.1 Å². The summed E-state index contributed by atoms with van der Waals surface area (Å²) >= 11 is 0. The van der Waals surface area contributed by atoms with E-state index in [4.69, 9.17) is 10.3 Å². The summed E-state index contributed by atoms with van der Waals surface area (Å²) in [4.78, 5) is -0.102. The molecule has 0 aliphatic rings. The van der Waals surface area contributed by atoms with E-state index in [1.807, 2.05) is 6.92 Å². The molecule has 3 N–H and O–H groups in total. The van der Waals surface area contributed by atoms with Crippen LogP contribution in [0.4, 0.5) is 5.69 Å². The zero-order valence-electron chi connectivity index (χ0n) is 9.90. The van der Waals surface area contributed by atoms with Gasteiger partial charge in [-0.3, -0.25) is 4.55 Å². The molecule has 0 bridgehead atoms. The number of benzene rings is 1. The smallest absolute Gasteiger partial charge is 1.00 e. The number of nitrogens with two attached hydrogens (primary N) is 1. The van der Waals surface area contributed by atoms with Crippen molar-refractivity contribution in [3.05, 3.63) is 23.8 Å². The molecule has 0 aliphatic carbocycles. The molecular formula is C9H14LiNO3S. The van der Waals surface area contributed by atoms with Crippen LogP contribution in [-0.2, 0) is 16.5 Å². The molecule has 0 unspecified atom stereocenters. The molecule has 0 heterocycles. The average Bonchev–Trinajstić information content (AvgIpc) is 2.07. The monoisotopic (exact) mass is 223 g/mol. The first kappa shape index (κ1) is 14.5. The van der Waals surface area contributed by atoms with Crippen LogP contribution in [0.2, 0.25) is 0 Å². The molecule has 4 nitrogen and oxygen atoms in total. The van der Waals surface area contributed by atoms with Crippen LogP contribution in [0.25, 0.3) is 0 Å². The SMILES string of the molecule is CCCc1cc(S(=O)(=O)O)ccc1N.[H-].[Li+]. The van der Waals surface area contributed by atoms with Gasteiger partial charge in [0.25, 0.3) is 10.1 Å². The second-order valence-electron chi connectivity index (χ2n) is 3.09. The number of hydrogen-bond donors (Lipinski definition) is 2. The number of anilines is 1. The van der Waals surface area contributed by atoms with Gasteiger partial charge in [-0.25, -0.2) is 0 Å². The molecule has 0 radical (unpaired) electrons. The van der Waals surface area contributed by atoms with Crippen molar-refractivity contribution in [1.82, 2.24) is 0 Å². The topological polar surface area (TPSA) is 80.4 Å². The Morgan fingerprint density at radius 2 is 2.07 bits per heavy atom. The Morgan fingerprint density at radius 1 is 1.47 bits per heavy atom. The molecule has 0 fully saturated rings. The Hall–Kier alpha value is -0.473. The minimum Gasteiger partial charge on any atom is -1.00 e. The minimum atomic E-state index is -4.12. The summed E-state index contributed by atoms with van der Waals surface area (Å²) in [5.41, 5.74) is 6.95. The van der Waals surface area contributed by atoms with Crippen LogP contribution < -0.4 is 24.6 Å². The number of nitrogen functional groups attached to an aromatic ring is 1. The zero-order valence-corrected chi connectivity index (χ0v) is 9.71. The van der Waals surface area contributed by atoms with Crippen LogP contribution in [0.1, 0.15) is 20.3 Å². The van der Waals surface area contributed by atoms with E-state index >= 15 is 0 Å². The fourth-order valence-corrected chi connectivity index (χ4v) is 1.76. The predicted molar refractivity (Wildman–Crippen MR) is 55.8 cm³/mol. The molecule has 80 valence electrons. The van der Waals surface area contributed by atoms with Crippen molar-refractivity contribution in [2.24, 2.45) is 0 Å². The van der Waals surface area contributed by atoms with Crippen LogP contribution >= 0.6 is 0 Å². The number of rotatable bonds is 3. The van der Waals surface area contributed by atoms with Crippen LogP contribution in [0, 0.1) is 0 Å². The molecule has 0 saturated heterocycles. The first-order valence-electron chi connectivity index (χ1n) is 4.31. The molecule has 1 aromatic carbocycles. The molecule has 15 heavy (non-hydrogen) atoms. The van der Waals surface area contributed by atoms with Crippen molar-refractivity contribution < 1.29 is 33.3 Å². The zero-order chi connectivity index (χ0) is 10.8. The van der Waals surface area contributed by atoms with Crippen molar-refractivity contribution in [3.8, 4) is 0 Å². The van der Waals surface area contributed by atoms with Crippen LogP contribution in [0.5, 0.6) is 0 Å². The first-order valence-corrected chi connectivity index (χ1v) is 5.75. The predicted octanol–water partition coefficient (Wildman–Crippen LogP) is -1.42. The minimum absolute atomic E-state index is 0. The van der Waals surface area contributed by atoms with Crippen molar-refractivity contribution in [2.45, 2.75) is 24.7 Å². The van der Waals surface area contributed by atoms with E-state index in [1.165, 1.54) is 18.2 Å². The van der Waals surface area contributed by atoms with Gasteiger partial charge in [0.05, 0.1) is 4.90 Å². The molecule has 1 rings (SSSR count). The van der Waals surface area contributed by atoms with Crippen molar-refractivity contribution in [1.29, 1.82) is 0 Å².